The lowest BCUT2D eigenvalue weighted by atomic mass is 9.96. The number of carbonyl (C=O) groups is 6. The lowest BCUT2D eigenvalue weighted by Crippen LogP contribution is -2.57. The quantitative estimate of drug-likeness (QED) is 0.0185. The van der Waals surface area contributed by atoms with Crippen LogP contribution in [0.4, 0.5) is 10.1 Å². The molecule has 2 aliphatic rings. The van der Waals surface area contributed by atoms with E-state index < -0.39 is 59.5 Å². The van der Waals surface area contributed by atoms with Crippen LogP contribution in [-0.4, -0.2) is 166 Å². The molecule has 0 saturated carbocycles. The number of quaternary nitrogens is 1. The van der Waals surface area contributed by atoms with Crippen molar-refractivity contribution in [2.24, 2.45) is 5.92 Å². The average molecular weight is 1350 g/mol. The Morgan fingerprint density at radius 2 is 1.50 bits per heavy atom. The van der Waals surface area contributed by atoms with Gasteiger partial charge in [-0.25, -0.2) is 29.1 Å². The van der Waals surface area contributed by atoms with Gasteiger partial charge >= 0.3 is 5.97 Å². The van der Waals surface area contributed by atoms with E-state index in [4.69, 9.17) is 40.3 Å². The lowest BCUT2D eigenvalue weighted by molar-refractivity contribution is -0.926. The van der Waals surface area contributed by atoms with E-state index in [0.29, 0.717) is 95.5 Å². The number of anilines is 1. The number of nitrogens with one attached hydrogen (secondary N) is 3. The number of hydrogen-bond donors (Lipinski definition) is 4. The van der Waals surface area contributed by atoms with Crippen LogP contribution in [-0.2, 0) is 53.1 Å². The molecule has 2 aliphatic heterocycles. The summed E-state index contributed by atoms with van der Waals surface area (Å²) in [5, 5.41) is 19.9. The first-order chi connectivity index (χ1) is 46.2. The highest BCUT2D eigenvalue weighted by atomic mass is 35.5. The van der Waals surface area contributed by atoms with Crippen LogP contribution in [0.2, 0.25) is 5.02 Å². The first-order valence-corrected chi connectivity index (χ1v) is 32.6. The standard InChI is InChI=1S/C71H74ClFN10O12S/c1-43(2)64(80-58(84)28-36-92-37-33-82-59(85)25-26-60(82)86)68(88)77-45(4)67(87)79-50-21-15-46(16-22-50)40-83(5)34-30-81(31-35-83)32-38-93-56-24-23-52(44(3)63(56)72)61-62-69(75-42-76-70(62)96-65(61)47-17-19-49(73)20-18-47)95-57(71(89)90)39-48-11-7-9-13-54(48)94-41-51-27-29-74-66(78-51)53-12-8-10-14-55(53)91-6/h7-27,29,42-43,45,57,64H,28,30-41H2,1-6H3,(H3-,77,79,80,84,87,88,89,90)/p+1/t45-,57?,64-/m0/s1. The van der Waals surface area contributed by atoms with Crippen LogP contribution in [0.3, 0.4) is 0 Å². The lowest BCUT2D eigenvalue weighted by Gasteiger charge is -2.42. The van der Waals surface area contributed by atoms with Gasteiger partial charge in [0.25, 0.3) is 11.8 Å². The number of piperazine rings is 1. The predicted octanol–water partition coefficient (Wildman–Crippen LogP) is 9.50. The number of nitrogens with zero attached hydrogens (tertiary/aromatic N) is 7. The number of thiophene rings is 1. The number of fused-ring (bicyclic) bond motifs is 1. The summed E-state index contributed by atoms with van der Waals surface area (Å²) < 4.78 is 45.4. The molecule has 1 unspecified atom stereocenters. The zero-order chi connectivity index (χ0) is 68.0. The van der Waals surface area contributed by atoms with Crippen molar-refractivity contribution in [3.05, 3.63) is 173 Å². The number of benzene rings is 5. The van der Waals surface area contributed by atoms with E-state index in [9.17, 15) is 38.3 Å². The molecule has 4 N–H and O–H groups in total. The number of likely N-dealkylation sites (N-methyl/N-ethyl adjacent to an activating group) is 1. The Kier molecular flexibility index (Phi) is 22.8. The molecule has 3 aromatic heterocycles. The normalized spacial score (nSPS) is 14.7. The molecule has 10 rings (SSSR count). The number of para-hydroxylation sites is 2. The molecular weight excluding hydrogens is 1270 g/mol. The highest BCUT2D eigenvalue weighted by molar-refractivity contribution is 7.22. The van der Waals surface area contributed by atoms with Gasteiger partial charge in [0, 0.05) is 72.5 Å². The van der Waals surface area contributed by atoms with Crippen LogP contribution in [0.25, 0.3) is 43.2 Å². The molecular formula is C71H75ClFN10O12S+. The summed E-state index contributed by atoms with van der Waals surface area (Å²) in [5.41, 5.74) is 6.24. The Balaban J connectivity index is 0.727. The largest absolute Gasteiger partial charge is 0.496 e. The number of methoxy groups -OCH3 is 1. The van der Waals surface area contributed by atoms with Crippen LogP contribution >= 0.6 is 22.9 Å². The topological polar surface area (TPSA) is 263 Å². The number of imide groups is 1. The number of carboxylic acid groups (broad SMARTS) is 1. The second kappa shape index (κ2) is 31.7. The van der Waals surface area contributed by atoms with Gasteiger partial charge in [0.2, 0.25) is 29.7 Å². The van der Waals surface area contributed by atoms with E-state index in [1.807, 2.05) is 67.6 Å². The fraction of sp³-hybridized carbons (Fsp3) is 0.324. The molecule has 5 heterocycles. The molecule has 5 aromatic carbocycles. The summed E-state index contributed by atoms with van der Waals surface area (Å²) in [4.78, 5) is 98.9. The molecule has 1 saturated heterocycles. The average Bonchev–Trinajstić information content (AvgIpc) is 1.58. The third-order valence-corrected chi connectivity index (χ3v) is 18.4. The summed E-state index contributed by atoms with van der Waals surface area (Å²) in [6.07, 6.45) is 3.77. The highest BCUT2D eigenvalue weighted by Gasteiger charge is 2.32. The van der Waals surface area contributed by atoms with E-state index >= 15 is 0 Å². The summed E-state index contributed by atoms with van der Waals surface area (Å²) in [6.45, 7) is 12.4. The molecule has 3 atom stereocenters. The zero-order valence-corrected chi connectivity index (χ0v) is 55.6. The van der Waals surface area contributed by atoms with Gasteiger partial charge in [-0.15, -0.1) is 11.3 Å². The van der Waals surface area contributed by atoms with Gasteiger partial charge in [0.15, 0.2) is 5.82 Å². The van der Waals surface area contributed by atoms with Gasteiger partial charge in [0.05, 0.1) is 68.7 Å². The minimum Gasteiger partial charge on any atom is -0.496 e. The molecule has 96 heavy (non-hydrogen) atoms. The van der Waals surface area contributed by atoms with Gasteiger partial charge in [-0.05, 0) is 96.6 Å². The number of aliphatic carboxylic acids is 1. The number of amides is 5. The minimum absolute atomic E-state index is 0.0196. The first kappa shape index (κ1) is 69.1. The summed E-state index contributed by atoms with van der Waals surface area (Å²) >= 11 is 8.56. The van der Waals surface area contributed by atoms with Gasteiger partial charge in [-0.1, -0.05) is 86.1 Å². The third-order valence-electron chi connectivity index (χ3n) is 16.7. The molecule has 0 aliphatic carbocycles. The van der Waals surface area contributed by atoms with Crippen molar-refractivity contribution in [2.75, 3.05) is 78.6 Å². The van der Waals surface area contributed by atoms with E-state index in [2.05, 4.69) is 42.8 Å². The fourth-order valence-electron chi connectivity index (χ4n) is 11.3. The maximum atomic E-state index is 14.5. The fourth-order valence-corrected chi connectivity index (χ4v) is 12.7. The van der Waals surface area contributed by atoms with Gasteiger partial charge in [-0.2, -0.15) is 0 Å². The van der Waals surface area contributed by atoms with Crippen molar-refractivity contribution in [3.8, 4) is 56.1 Å². The van der Waals surface area contributed by atoms with Crippen LogP contribution in [0, 0.1) is 18.7 Å². The van der Waals surface area contributed by atoms with Gasteiger partial charge in [0.1, 0.15) is 66.1 Å². The van der Waals surface area contributed by atoms with E-state index in [1.54, 1.807) is 76.5 Å². The second-order valence-corrected chi connectivity index (χ2v) is 25.4. The van der Waals surface area contributed by atoms with E-state index in [0.717, 1.165) is 53.2 Å². The van der Waals surface area contributed by atoms with Gasteiger partial charge < -0.3 is 49.2 Å². The molecule has 22 nitrogen and oxygen atoms in total. The minimum atomic E-state index is -1.43. The second-order valence-electron chi connectivity index (χ2n) is 24.0. The number of hydrogen-bond acceptors (Lipinski definition) is 17. The Bertz CT molecular complexity index is 4150. The Morgan fingerprint density at radius 1 is 0.781 bits per heavy atom. The monoisotopic (exact) mass is 1350 g/mol. The van der Waals surface area contributed by atoms with Crippen LogP contribution in [0.15, 0.2) is 140 Å². The number of halogens is 2. The zero-order valence-electron chi connectivity index (χ0n) is 54.0. The number of rotatable bonds is 30. The SMILES string of the molecule is COc1ccccc1-c1nccc(COc2ccccc2CC(Oc2ncnc3sc(-c4ccc(F)cc4)c(-c4ccc(OCCN5CC[N+](C)(Cc6ccc(NC(=O)[C@H](C)NC(=O)[C@@H](NC(=O)CCOCCN7C(=O)C=CC7=O)C(C)C)cc6)CC5)c(Cl)c4C)c23)C(=O)O)n1. The third kappa shape index (κ3) is 17.2. The van der Waals surface area contributed by atoms with E-state index in [-0.39, 0.29) is 51.0 Å². The van der Waals surface area contributed by atoms with Crippen molar-refractivity contribution < 1.29 is 66.4 Å². The predicted molar refractivity (Wildman–Crippen MR) is 361 cm³/mol. The molecule has 0 radical (unpaired) electrons. The molecule has 1 fully saturated rings. The summed E-state index contributed by atoms with van der Waals surface area (Å²) in [5.74, 6) is -2.07. The maximum absolute atomic E-state index is 14.5. The van der Waals surface area contributed by atoms with Crippen molar-refractivity contribution in [1.29, 1.82) is 0 Å². The van der Waals surface area contributed by atoms with Crippen LogP contribution in [0.5, 0.6) is 23.1 Å². The number of aromatic nitrogens is 4. The number of carboxylic acids is 1. The first-order valence-electron chi connectivity index (χ1n) is 31.4. The highest BCUT2D eigenvalue weighted by Crippen LogP contribution is 2.50. The Labute approximate surface area is 564 Å². The number of carbonyl (C=O) groups excluding carboxylic acids is 5. The van der Waals surface area contributed by atoms with E-state index in [1.165, 1.54) is 41.9 Å². The van der Waals surface area contributed by atoms with Crippen LogP contribution < -0.4 is 34.9 Å². The Hall–Kier alpha value is -9.72. The van der Waals surface area contributed by atoms with Crippen LogP contribution in [0.1, 0.15) is 49.6 Å². The number of ether oxygens (including phenoxy) is 5. The molecule has 8 aromatic rings. The molecule has 5 amide bonds. The molecule has 0 bridgehead atoms. The summed E-state index contributed by atoms with van der Waals surface area (Å²) in [6, 6.07) is 32.0. The molecule has 25 heteroatoms. The smallest absolute Gasteiger partial charge is 0.345 e. The maximum Gasteiger partial charge on any atom is 0.345 e. The summed E-state index contributed by atoms with van der Waals surface area (Å²) in [7, 11) is 3.81. The molecule has 0 spiro atoms. The van der Waals surface area contributed by atoms with Crippen molar-refractivity contribution in [3.63, 3.8) is 0 Å². The Morgan fingerprint density at radius 3 is 2.22 bits per heavy atom. The van der Waals surface area contributed by atoms with Crippen molar-refractivity contribution >= 4 is 74.3 Å². The van der Waals surface area contributed by atoms with Gasteiger partial charge in [-0.3, -0.25) is 33.8 Å². The molecule has 500 valence electrons. The van der Waals surface area contributed by atoms with Crippen molar-refractivity contribution in [1.82, 2.24) is 40.4 Å². The van der Waals surface area contributed by atoms with Crippen molar-refractivity contribution in [2.45, 2.75) is 71.9 Å².